The fourth-order valence-corrected chi connectivity index (χ4v) is 2.04. The molecule has 4 atom stereocenters. The van der Waals surface area contributed by atoms with E-state index in [1.165, 1.54) is 6.92 Å². The molecule has 2 amide bonds. The van der Waals surface area contributed by atoms with Crippen LogP contribution in [0.15, 0.2) is 12.2 Å². The first-order chi connectivity index (χ1) is 12.8. The van der Waals surface area contributed by atoms with E-state index in [9.17, 15) is 29.1 Å². The summed E-state index contributed by atoms with van der Waals surface area (Å²) in [6.07, 6.45) is -1.04. The van der Waals surface area contributed by atoms with Crippen LogP contribution in [0.5, 0.6) is 0 Å². The Hall–Kier alpha value is -2.99. The van der Waals surface area contributed by atoms with Gasteiger partial charge in [0.1, 0.15) is 18.1 Å². The van der Waals surface area contributed by atoms with Gasteiger partial charge in [0, 0.05) is 6.42 Å². The van der Waals surface area contributed by atoms with Crippen LogP contribution in [-0.4, -0.2) is 69.2 Å². The standard InChI is InChI=1S/C16H26N4O8/c1-7(6-11(16(27)28)20-13(22)8(2)17)5-10(15(25)26)19-12(21)4-3-9(18)14(23)24/h8-11H,1,3-6,17-18H2,2H3,(H,19,21)(H,20,22)(H,23,24)(H,25,26)(H,27,28)/t8-,9?,10?,11?/m0/s1. The fraction of sp³-hybridized carbons (Fsp3) is 0.562. The first-order valence-electron chi connectivity index (χ1n) is 8.31. The van der Waals surface area contributed by atoms with Crippen LogP contribution < -0.4 is 22.1 Å². The van der Waals surface area contributed by atoms with E-state index in [-0.39, 0.29) is 31.3 Å². The number of carbonyl (C=O) groups is 5. The van der Waals surface area contributed by atoms with Crippen LogP contribution in [0, 0.1) is 0 Å². The highest BCUT2D eigenvalue weighted by Gasteiger charge is 2.26. The Balaban J connectivity index is 4.81. The topological polar surface area (TPSA) is 222 Å². The second kappa shape index (κ2) is 11.7. The molecule has 28 heavy (non-hydrogen) atoms. The maximum atomic E-state index is 11.8. The van der Waals surface area contributed by atoms with Gasteiger partial charge in [-0.25, -0.2) is 9.59 Å². The van der Waals surface area contributed by atoms with Crippen LogP contribution in [0.1, 0.15) is 32.6 Å². The molecular formula is C16H26N4O8. The van der Waals surface area contributed by atoms with Gasteiger partial charge in [0.05, 0.1) is 6.04 Å². The summed E-state index contributed by atoms with van der Waals surface area (Å²) in [5.41, 5.74) is 10.8. The number of aliphatic carboxylic acids is 3. The Morgan fingerprint density at radius 1 is 0.893 bits per heavy atom. The molecule has 3 unspecified atom stereocenters. The maximum Gasteiger partial charge on any atom is 0.326 e. The van der Waals surface area contributed by atoms with Gasteiger partial charge < -0.3 is 37.4 Å². The van der Waals surface area contributed by atoms with E-state index in [2.05, 4.69) is 17.2 Å². The largest absolute Gasteiger partial charge is 0.480 e. The molecule has 0 saturated carbocycles. The first kappa shape index (κ1) is 25.0. The Kier molecular flexibility index (Phi) is 10.4. The van der Waals surface area contributed by atoms with Gasteiger partial charge in [0.15, 0.2) is 0 Å². The third kappa shape index (κ3) is 9.64. The number of hydrogen-bond donors (Lipinski definition) is 7. The molecule has 0 rings (SSSR count). The van der Waals surface area contributed by atoms with Crippen molar-refractivity contribution in [2.75, 3.05) is 0 Å². The van der Waals surface area contributed by atoms with Gasteiger partial charge in [-0.1, -0.05) is 12.2 Å². The van der Waals surface area contributed by atoms with E-state index in [0.29, 0.717) is 0 Å². The Morgan fingerprint density at radius 2 is 1.36 bits per heavy atom. The monoisotopic (exact) mass is 402 g/mol. The normalized spacial score (nSPS) is 14.8. The highest BCUT2D eigenvalue weighted by molar-refractivity contribution is 5.87. The number of carboxylic acids is 3. The lowest BCUT2D eigenvalue weighted by Gasteiger charge is -2.20. The van der Waals surface area contributed by atoms with Crippen LogP contribution in [0.3, 0.4) is 0 Å². The highest BCUT2D eigenvalue weighted by Crippen LogP contribution is 2.12. The van der Waals surface area contributed by atoms with E-state index in [0.717, 1.165) is 0 Å². The molecule has 0 aromatic carbocycles. The summed E-state index contributed by atoms with van der Waals surface area (Å²) in [5, 5.41) is 31.5. The number of amides is 2. The second-order valence-corrected chi connectivity index (χ2v) is 6.29. The molecule has 12 nitrogen and oxygen atoms in total. The molecule has 0 bridgehead atoms. The van der Waals surface area contributed by atoms with Gasteiger partial charge in [0.2, 0.25) is 11.8 Å². The van der Waals surface area contributed by atoms with Gasteiger partial charge in [-0.15, -0.1) is 0 Å². The molecule has 0 aliphatic rings. The Bertz CT molecular complexity index is 634. The predicted octanol–water partition coefficient (Wildman–Crippen LogP) is -2.00. The SMILES string of the molecule is C=C(CC(NC(=O)CCC(N)C(=O)O)C(=O)O)CC(NC(=O)[C@H](C)N)C(=O)O. The molecule has 0 aromatic heterocycles. The average molecular weight is 402 g/mol. The quantitative estimate of drug-likeness (QED) is 0.168. The van der Waals surface area contributed by atoms with Gasteiger partial charge in [-0.05, 0) is 26.2 Å². The lowest BCUT2D eigenvalue weighted by Crippen LogP contribution is -2.47. The van der Waals surface area contributed by atoms with E-state index in [1.807, 2.05) is 0 Å². The maximum absolute atomic E-state index is 11.8. The first-order valence-corrected chi connectivity index (χ1v) is 8.31. The summed E-state index contributed by atoms with van der Waals surface area (Å²) >= 11 is 0. The van der Waals surface area contributed by atoms with Gasteiger partial charge in [0.25, 0.3) is 0 Å². The lowest BCUT2D eigenvalue weighted by molar-refractivity contribution is -0.142. The van der Waals surface area contributed by atoms with Crippen LogP contribution >= 0.6 is 0 Å². The molecule has 9 N–H and O–H groups in total. The third-order valence-corrected chi connectivity index (χ3v) is 3.65. The Morgan fingerprint density at radius 3 is 1.75 bits per heavy atom. The highest BCUT2D eigenvalue weighted by atomic mass is 16.4. The van der Waals surface area contributed by atoms with E-state index in [1.54, 1.807) is 0 Å². The van der Waals surface area contributed by atoms with Crippen molar-refractivity contribution in [3.8, 4) is 0 Å². The summed E-state index contributed by atoms with van der Waals surface area (Å²) in [6.45, 7) is 4.97. The number of nitrogens with two attached hydrogens (primary N) is 2. The number of carboxylic acid groups (broad SMARTS) is 3. The minimum atomic E-state index is -1.40. The predicted molar refractivity (Wildman–Crippen MR) is 96.0 cm³/mol. The van der Waals surface area contributed by atoms with E-state index in [4.69, 9.17) is 21.7 Å². The molecule has 0 aliphatic heterocycles. The van der Waals surface area contributed by atoms with Crippen molar-refractivity contribution >= 4 is 29.7 Å². The van der Waals surface area contributed by atoms with Gasteiger partial charge in [-0.3, -0.25) is 14.4 Å². The van der Waals surface area contributed by atoms with Crippen molar-refractivity contribution in [2.45, 2.75) is 56.8 Å². The summed E-state index contributed by atoms with van der Waals surface area (Å²) in [4.78, 5) is 56.6. The number of rotatable bonds is 13. The zero-order chi connectivity index (χ0) is 22.0. The summed E-state index contributed by atoms with van der Waals surface area (Å²) < 4.78 is 0. The molecule has 158 valence electrons. The van der Waals surface area contributed by atoms with Crippen molar-refractivity contribution in [1.29, 1.82) is 0 Å². The molecule has 0 radical (unpaired) electrons. The molecule has 12 heteroatoms. The molecule has 0 aliphatic carbocycles. The third-order valence-electron chi connectivity index (χ3n) is 3.65. The number of hydrogen-bond acceptors (Lipinski definition) is 7. The minimum absolute atomic E-state index is 0.160. The van der Waals surface area contributed by atoms with Crippen molar-refractivity contribution in [3.63, 3.8) is 0 Å². The second-order valence-electron chi connectivity index (χ2n) is 6.29. The van der Waals surface area contributed by atoms with Crippen molar-refractivity contribution in [1.82, 2.24) is 10.6 Å². The zero-order valence-corrected chi connectivity index (χ0v) is 15.4. The van der Waals surface area contributed by atoms with Crippen molar-refractivity contribution in [2.24, 2.45) is 11.5 Å². The fourth-order valence-electron chi connectivity index (χ4n) is 2.04. The molecule has 0 saturated heterocycles. The number of carbonyl (C=O) groups excluding carboxylic acids is 2. The van der Waals surface area contributed by atoms with E-state index < -0.39 is 53.9 Å². The summed E-state index contributed by atoms with van der Waals surface area (Å²) in [7, 11) is 0. The molecular weight excluding hydrogens is 376 g/mol. The molecule has 0 spiro atoms. The van der Waals surface area contributed by atoms with Crippen LogP contribution in [0.2, 0.25) is 0 Å². The average Bonchev–Trinajstić information content (AvgIpc) is 2.57. The van der Waals surface area contributed by atoms with E-state index >= 15 is 0 Å². The van der Waals surface area contributed by atoms with Crippen LogP contribution in [0.4, 0.5) is 0 Å². The lowest BCUT2D eigenvalue weighted by atomic mass is 10.00. The zero-order valence-electron chi connectivity index (χ0n) is 15.4. The molecule has 0 heterocycles. The molecule has 0 aromatic rings. The number of nitrogens with one attached hydrogen (secondary N) is 2. The Labute approximate surface area is 160 Å². The van der Waals surface area contributed by atoms with Gasteiger partial charge in [-0.2, -0.15) is 0 Å². The van der Waals surface area contributed by atoms with Crippen LogP contribution in [0.25, 0.3) is 0 Å². The van der Waals surface area contributed by atoms with Crippen LogP contribution in [-0.2, 0) is 24.0 Å². The summed E-state index contributed by atoms with van der Waals surface area (Å²) in [6, 6.07) is -4.95. The molecule has 0 fully saturated rings. The van der Waals surface area contributed by atoms with Crippen molar-refractivity contribution in [3.05, 3.63) is 12.2 Å². The summed E-state index contributed by atoms with van der Waals surface area (Å²) in [5.74, 6) is -5.45. The smallest absolute Gasteiger partial charge is 0.326 e. The van der Waals surface area contributed by atoms with Crippen molar-refractivity contribution < 1.29 is 39.3 Å². The van der Waals surface area contributed by atoms with Gasteiger partial charge >= 0.3 is 17.9 Å². The minimum Gasteiger partial charge on any atom is -0.480 e.